The largest absolute Gasteiger partial charge is 0.459 e. The summed E-state index contributed by atoms with van der Waals surface area (Å²) >= 11 is 6.95. The van der Waals surface area contributed by atoms with E-state index >= 15 is 0 Å². The van der Waals surface area contributed by atoms with Gasteiger partial charge in [-0.2, -0.15) is 0 Å². The molecule has 0 radical (unpaired) electrons. The van der Waals surface area contributed by atoms with Crippen LogP contribution < -0.4 is 5.32 Å². The third kappa shape index (κ3) is 2.91. The van der Waals surface area contributed by atoms with E-state index in [1.165, 1.54) is 0 Å². The molecule has 20 heavy (non-hydrogen) atoms. The van der Waals surface area contributed by atoms with Gasteiger partial charge in [-0.15, -0.1) is 0 Å². The summed E-state index contributed by atoms with van der Waals surface area (Å²) in [5.74, 6) is 0.929. The first-order valence-electron chi connectivity index (χ1n) is 6.33. The molecule has 0 aliphatic rings. The Morgan fingerprint density at radius 1 is 1.00 bits per heavy atom. The van der Waals surface area contributed by atoms with Gasteiger partial charge in [0.15, 0.2) is 0 Å². The summed E-state index contributed by atoms with van der Waals surface area (Å²) in [5, 5.41) is 4.55. The number of halogens is 2. The molecule has 0 spiro atoms. The number of benzene rings is 2. The number of hydrogen-bond donors (Lipinski definition) is 1. The maximum atomic E-state index is 5.89. The number of nitrogens with one attached hydrogen (secondary N) is 1. The van der Waals surface area contributed by atoms with Crippen molar-refractivity contribution in [1.82, 2.24) is 0 Å². The maximum absolute atomic E-state index is 5.89. The molecule has 0 saturated heterocycles. The molecular formula is C16H13Br2NO. The van der Waals surface area contributed by atoms with Crippen LogP contribution in [0.2, 0.25) is 0 Å². The van der Waals surface area contributed by atoms with Crippen molar-refractivity contribution < 1.29 is 4.42 Å². The van der Waals surface area contributed by atoms with Gasteiger partial charge >= 0.3 is 0 Å². The summed E-state index contributed by atoms with van der Waals surface area (Å²) < 4.78 is 8.01. The quantitative estimate of drug-likeness (QED) is 0.577. The third-order valence-corrected chi connectivity index (χ3v) is 4.12. The van der Waals surface area contributed by atoms with E-state index in [0.717, 1.165) is 31.4 Å². The number of hydrogen-bond acceptors (Lipinski definition) is 2. The first-order valence-corrected chi connectivity index (χ1v) is 7.91. The first-order chi connectivity index (χ1) is 9.61. The zero-order chi connectivity index (χ0) is 14.1. The molecule has 0 saturated carbocycles. The van der Waals surface area contributed by atoms with E-state index in [1.54, 1.807) is 0 Å². The molecule has 0 aliphatic heterocycles. The van der Waals surface area contributed by atoms with Gasteiger partial charge in [0.25, 0.3) is 0 Å². The lowest BCUT2D eigenvalue weighted by Gasteiger charge is -2.12. The monoisotopic (exact) mass is 393 g/mol. The van der Waals surface area contributed by atoms with E-state index in [1.807, 2.05) is 30.3 Å². The van der Waals surface area contributed by atoms with Crippen molar-refractivity contribution in [3.8, 4) is 0 Å². The lowest BCUT2D eigenvalue weighted by atomic mass is 10.2. The van der Waals surface area contributed by atoms with Crippen molar-refractivity contribution in [3.63, 3.8) is 0 Å². The van der Waals surface area contributed by atoms with Crippen LogP contribution in [-0.2, 0) is 0 Å². The van der Waals surface area contributed by atoms with Gasteiger partial charge in [0.1, 0.15) is 11.3 Å². The molecule has 0 amide bonds. The average molecular weight is 395 g/mol. The number of furan rings is 1. The molecule has 3 rings (SSSR count). The SMILES string of the molecule is CC(Nc1cccc(Br)c1)c1cc2cc(Br)ccc2o1. The predicted molar refractivity (Wildman–Crippen MR) is 90.1 cm³/mol. The fourth-order valence-corrected chi connectivity index (χ4v) is 2.93. The van der Waals surface area contributed by atoms with Crippen LogP contribution in [-0.4, -0.2) is 0 Å². The lowest BCUT2D eigenvalue weighted by Crippen LogP contribution is -2.05. The average Bonchev–Trinajstić information content (AvgIpc) is 2.81. The van der Waals surface area contributed by atoms with Gasteiger partial charge in [-0.1, -0.05) is 37.9 Å². The summed E-state index contributed by atoms with van der Waals surface area (Å²) in [5.41, 5.74) is 1.97. The van der Waals surface area contributed by atoms with Crippen molar-refractivity contribution in [1.29, 1.82) is 0 Å². The van der Waals surface area contributed by atoms with E-state index < -0.39 is 0 Å². The summed E-state index contributed by atoms with van der Waals surface area (Å²) in [6.45, 7) is 2.09. The van der Waals surface area contributed by atoms with Crippen LogP contribution in [0.1, 0.15) is 18.7 Å². The molecule has 0 bridgehead atoms. The van der Waals surface area contributed by atoms with E-state index in [2.05, 4.69) is 62.3 Å². The van der Waals surface area contributed by atoms with E-state index in [-0.39, 0.29) is 6.04 Å². The molecule has 1 atom stereocenters. The van der Waals surface area contributed by atoms with Crippen LogP contribution in [0.25, 0.3) is 11.0 Å². The maximum Gasteiger partial charge on any atom is 0.134 e. The minimum Gasteiger partial charge on any atom is -0.459 e. The molecule has 1 aromatic heterocycles. The molecule has 0 aliphatic carbocycles. The van der Waals surface area contributed by atoms with Crippen molar-refractivity contribution in [2.24, 2.45) is 0 Å². The summed E-state index contributed by atoms with van der Waals surface area (Å²) in [6, 6.07) is 16.3. The number of anilines is 1. The highest BCUT2D eigenvalue weighted by molar-refractivity contribution is 9.10. The van der Waals surface area contributed by atoms with Gasteiger partial charge in [-0.3, -0.25) is 0 Å². The highest BCUT2D eigenvalue weighted by Gasteiger charge is 2.11. The van der Waals surface area contributed by atoms with Gasteiger partial charge < -0.3 is 9.73 Å². The summed E-state index contributed by atoms with van der Waals surface area (Å²) in [6.07, 6.45) is 0. The minimum absolute atomic E-state index is 0.107. The number of fused-ring (bicyclic) bond motifs is 1. The molecule has 2 nitrogen and oxygen atoms in total. The molecular weight excluding hydrogens is 382 g/mol. The highest BCUT2D eigenvalue weighted by atomic mass is 79.9. The molecule has 3 aromatic rings. The molecule has 2 aromatic carbocycles. The van der Waals surface area contributed by atoms with Gasteiger partial charge in [-0.25, -0.2) is 0 Å². The van der Waals surface area contributed by atoms with Crippen LogP contribution >= 0.6 is 31.9 Å². The van der Waals surface area contributed by atoms with Crippen LogP contribution in [0.4, 0.5) is 5.69 Å². The molecule has 1 N–H and O–H groups in total. The number of rotatable bonds is 3. The minimum atomic E-state index is 0.107. The van der Waals surface area contributed by atoms with Gasteiger partial charge in [0, 0.05) is 20.0 Å². The van der Waals surface area contributed by atoms with Crippen LogP contribution in [0.15, 0.2) is 61.9 Å². The Morgan fingerprint density at radius 3 is 2.60 bits per heavy atom. The summed E-state index contributed by atoms with van der Waals surface area (Å²) in [4.78, 5) is 0. The second-order valence-corrected chi connectivity index (χ2v) is 6.54. The van der Waals surface area contributed by atoms with E-state index in [4.69, 9.17) is 4.42 Å². The Balaban J connectivity index is 1.86. The molecule has 0 fully saturated rings. The van der Waals surface area contributed by atoms with E-state index in [0.29, 0.717) is 0 Å². The first kappa shape index (κ1) is 13.7. The lowest BCUT2D eigenvalue weighted by molar-refractivity contribution is 0.526. The molecule has 1 heterocycles. The smallest absolute Gasteiger partial charge is 0.134 e. The van der Waals surface area contributed by atoms with Gasteiger partial charge in [-0.05, 0) is 49.4 Å². The van der Waals surface area contributed by atoms with Crippen molar-refractivity contribution in [3.05, 3.63) is 63.2 Å². The Labute approximate surface area is 134 Å². The van der Waals surface area contributed by atoms with Crippen molar-refractivity contribution in [2.45, 2.75) is 13.0 Å². The normalized spacial score (nSPS) is 12.6. The molecule has 4 heteroatoms. The van der Waals surface area contributed by atoms with Gasteiger partial charge in [0.05, 0.1) is 6.04 Å². The zero-order valence-electron chi connectivity index (χ0n) is 10.9. The van der Waals surface area contributed by atoms with Crippen molar-refractivity contribution >= 4 is 48.5 Å². The zero-order valence-corrected chi connectivity index (χ0v) is 14.0. The summed E-state index contributed by atoms with van der Waals surface area (Å²) in [7, 11) is 0. The second kappa shape index (κ2) is 5.62. The predicted octanol–water partition coefficient (Wildman–Crippen LogP) is 6.13. The Bertz CT molecular complexity index is 751. The molecule has 102 valence electrons. The highest BCUT2D eigenvalue weighted by Crippen LogP contribution is 2.28. The van der Waals surface area contributed by atoms with Crippen LogP contribution in [0.3, 0.4) is 0 Å². The Kier molecular flexibility index (Phi) is 3.85. The fraction of sp³-hybridized carbons (Fsp3) is 0.125. The van der Waals surface area contributed by atoms with Crippen LogP contribution in [0.5, 0.6) is 0 Å². The second-order valence-electron chi connectivity index (χ2n) is 4.71. The topological polar surface area (TPSA) is 25.2 Å². The Morgan fingerprint density at radius 2 is 1.80 bits per heavy atom. The van der Waals surface area contributed by atoms with E-state index in [9.17, 15) is 0 Å². The Hall–Kier alpha value is -1.26. The molecule has 1 unspecified atom stereocenters. The van der Waals surface area contributed by atoms with Crippen LogP contribution in [0, 0.1) is 0 Å². The fourth-order valence-electron chi connectivity index (χ4n) is 2.15. The van der Waals surface area contributed by atoms with Crippen molar-refractivity contribution in [2.75, 3.05) is 5.32 Å². The third-order valence-electron chi connectivity index (χ3n) is 3.13. The van der Waals surface area contributed by atoms with Gasteiger partial charge in [0.2, 0.25) is 0 Å². The standard InChI is InChI=1S/C16H13Br2NO/c1-10(19-14-4-2-3-12(17)9-14)16-8-11-7-13(18)5-6-15(11)20-16/h2-10,19H,1H3.